The molecule has 3 nitrogen and oxygen atoms in total. The van der Waals surface area contributed by atoms with Gasteiger partial charge in [0.05, 0.1) is 16.6 Å². The molecule has 0 aromatic carbocycles. The van der Waals surface area contributed by atoms with Gasteiger partial charge in [-0.15, -0.1) is 11.3 Å². The molecule has 2 aromatic rings. The second-order valence-corrected chi connectivity index (χ2v) is 5.76. The molecule has 0 radical (unpaired) electrons. The first kappa shape index (κ1) is 12.5. The van der Waals surface area contributed by atoms with Crippen molar-refractivity contribution in [2.75, 3.05) is 5.32 Å². The SMILES string of the molecule is CCCn1cc(C)nc1NCc1ccc(Cl)s1. The molecule has 17 heavy (non-hydrogen) atoms. The van der Waals surface area contributed by atoms with Gasteiger partial charge in [-0.25, -0.2) is 4.98 Å². The lowest BCUT2D eigenvalue weighted by atomic mass is 10.4. The molecule has 92 valence electrons. The maximum absolute atomic E-state index is 5.90. The lowest BCUT2D eigenvalue weighted by Gasteiger charge is -2.07. The number of imidazole rings is 1. The molecule has 0 amide bonds. The number of hydrogen-bond acceptors (Lipinski definition) is 3. The number of thiophene rings is 1. The molecule has 0 aliphatic rings. The summed E-state index contributed by atoms with van der Waals surface area (Å²) < 4.78 is 2.99. The van der Waals surface area contributed by atoms with E-state index >= 15 is 0 Å². The highest BCUT2D eigenvalue weighted by Gasteiger charge is 2.05. The number of nitrogens with zero attached hydrogens (tertiary/aromatic N) is 2. The standard InChI is InChI=1S/C12H16ClN3S/c1-3-6-16-8-9(2)15-12(16)14-7-10-4-5-11(13)17-10/h4-5,8H,3,6-7H2,1-2H3,(H,14,15). The number of hydrogen-bond donors (Lipinski definition) is 1. The Balaban J connectivity index is 2.02. The number of halogens is 1. The van der Waals surface area contributed by atoms with E-state index in [1.165, 1.54) is 4.88 Å². The zero-order valence-electron chi connectivity index (χ0n) is 10.0. The van der Waals surface area contributed by atoms with Gasteiger partial charge in [-0.2, -0.15) is 0 Å². The Labute approximate surface area is 110 Å². The maximum Gasteiger partial charge on any atom is 0.203 e. The van der Waals surface area contributed by atoms with Crippen LogP contribution in [0.2, 0.25) is 4.34 Å². The van der Waals surface area contributed by atoms with Gasteiger partial charge >= 0.3 is 0 Å². The van der Waals surface area contributed by atoms with Crippen LogP contribution in [0.4, 0.5) is 5.95 Å². The van der Waals surface area contributed by atoms with Crippen LogP contribution in [0.1, 0.15) is 23.9 Å². The van der Waals surface area contributed by atoms with Gasteiger partial charge in [0.1, 0.15) is 0 Å². The molecule has 2 aromatic heterocycles. The summed E-state index contributed by atoms with van der Waals surface area (Å²) in [5, 5.41) is 3.35. The number of nitrogens with one attached hydrogen (secondary N) is 1. The topological polar surface area (TPSA) is 29.9 Å². The zero-order valence-corrected chi connectivity index (χ0v) is 11.6. The van der Waals surface area contributed by atoms with Crippen LogP contribution >= 0.6 is 22.9 Å². The summed E-state index contributed by atoms with van der Waals surface area (Å²) in [6, 6.07) is 3.97. The molecule has 0 aliphatic carbocycles. The van der Waals surface area contributed by atoms with Crippen molar-refractivity contribution in [1.29, 1.82) is 0 Å². The van der Waals surface area contributed by atoms with Gasteiger partial charge in [-0.05, 0) is 25.5 Å². The van der Waals surface area contributed by atoms with E-state index in [1.807, 2.05) is 19.1 Å². The van der Waals surface area contributed by atoms with E-state index in [0.717, 1.165) is 35.5 Å². The number of anilines is 1. The van der Waals surface area contributed by atoms with Gasteiger partial charge in [-0.3, -0.25) is 0 Å². The predicted molar refractivity (Wildman–Crippen MR) is 73.9 cm³/mol. The van der Waals surface area contributed by atoms with Gasteiger partial charge < -0.3 is 9.88 Å². The van der Waals surface area contributed by atoms with Gasteiger partial charge in [0.15, 0.2) is 0 Å². The van der Waals surface area contributed by atoms with Crippen molar-refractivity contribution >= 4 is 28.9 Å². The van der Waals surface area contributed by atoms with E-state index in [4.69, 9.17) is 11.6 Å². The summed E-state index contributed by atoms with van der Waals surface area (Å²) in [6.45, 7) is 5.95. The third-order valence-corrected chi connectivity index (χ3v) is 3.64. The average Bonchev–Trinajstić information content (AvgIpc) is 2.83. The molecule has 0 saturated heterocycles. The van der Waals surface area contributed by atoms with Crippen LogP contribution in [-0.4, -0.2) is 9.55 Å². The second kappa shape index (κ2) is 5.56. The highest BCUT2D eigenvalue weighted by atomic mass is 35.5. The van der Waals surface area contributed by atoms with E-state index in [0.29, 0.717) is 0 Å². The Morgan fingerprint density at radius 3 is 2.94 bits per heavy atom. The highest BCUT2D eigenvalue weighted by molar-refractivity contribution is 7.16. The first-order chi connectivity index (χ1) is 8.19. The third kappa shape index (κ3) is 3.23. The Morgan fingerprint density at radius 1 is 1.47 bits per heavy atom. The predicted octanol–water partition coefficient (Wildman–Crippen LogP) is 3.93. The normalized spacial score (nSPS) is 10.8. The molecule has 0 aliphatic heterocycles. The summed E-state index contributed by atoms with van der Waals surface area (Å²) in [4.78, 5) is 5.70. The van der Waals surface area contributed by atoms with Crippen molar-refractivity contribution in [1.82, 2.24) is 9.55 Å². The summed E-state index contributed by atoms with van der Waals surface area (Å²) in [6.07, 6.45) is 3.18. The van der Waals surface area contributed by atoms with Crippen molar-refractivity contribution in [3.8, 4) is 0 Å². The van der Waals surface area contributed by atoms with Crippen LogP contribution in [0, 0.1) is 6.92 Å². The van der Waals surface area contributed by atoms with Gasteiger partial charge in [0.25, 0.3) is 0 Å². The van der Waals surface area contributed by atoms with Crippen LogP contribution in [-0.2, 0) is 13.1 Å². The molecule has 0 unspecified atom stereocenters. The lowest BCUT2D eigenvalue weighted by molar-refractivity contribution is 0.682. The van der Waals surface area contributed by atoms with Crippen molar-refractivity contribution < 1.29 is 0 Å². The van der Waals surface area contributed by atoms with Crippen LogP contribution in [0.15, 0.2) is 18.3 Å². The minimum absolute atomic E-state index is 0.775. The molecular weight excluding hydrogens is 254 g/mol. The van der Waals surface area contributed by atoms with E-state index in [2.05, 4.69) is 28.0 Å². The van der Waals surface area contributed by atoms with Crippen molar-refractivity contribution in [3.05, 3.63) is 33.2 Å². The van der Waals surface area contributed by atoms with Crippen LogP contribution in [0.25, 0.3) is 0 Å². The number of aromatic nitrogens is 2. The van der Waals surface area contributed by atoms with Gasteiger partial charge in [0, 0.05) is 17.6 Å². The van der Waals surface area contributed by atoms with Gasteiger partial charge in [-0.1, -0.05) is 18.5 Å². The molecule has 2 heterocycles. The van der Waals surface area contributed by atoms with E-state index in [-0.39, 0.29) is 0 Å². The van der Waals surface area contributed by atoms with Crippen molar-refractivity contribution in [2.24, 2.45) is 0 Å². The zero-order chi connectivity index (χ0) is 12.3. The second-order valence-electron chi connectivity index (χ2n) is 3.96. The maximum atomic E-state index is 5.90. The van der Waals surface area contributed by atoms with Crippen LogP contribution in [0.3, 0.4) is 0 Å². The Bertz CT molecular complexity index is 490. The first-order valence-corrected chi connectivity index (χ1v) is 6.90. The third-order valence-electron chi connectivity index (χ3n) is 2.41. The molecule has 0 spiro atoms. The summed E-state index contributed by atoms with van der Waals surface area (Å²) in [5.41, 5.74) is 1.05. The minimum Gasteiger partial charge on any atom is -0.351 e. The Hall–Kier alpha value is -1.000. The molecule has 0 bridgehead atoms. The molecule has 0 fully saturated rings. The molecule has 1 N–H and O–H groups in total. The fraction of sp³-hybridized carbons (Fsp3) is 0.417. The van der Waals surface area contributed by atoms with E-state index in [1.54, 1.807) is 11.3 Å². The molecule has 0 saturated carbocycles. The largest absolute Gasteiger partial charge is 0.351 e. The van der Waals surface area contributed by atoms with Gasteiger partial charge in [0.2, 0.25) is 5.95 Å². The smallest absolute Gasteiger partial charge is 0.203 e. The Morgan fingerprint density at radius 2 is 2.29 bits per heavy atom. The summed E-state index contributed by atoms with van der Waals surface area (Å²) in [5.74, 6) is 0.939. The molecule has 2 rings (SSSR count). The highest BCUT2D eigenvalue weighted by Crippen LogP contribution is 2.22. The van der Waals surface area contributed by atoms with Crippen molar-refractivity contribution in [2.45, 2.75) is 33.4 Å². The number of aryl methyl sites for hydroxylation is 2. The fourth-order valence-corrected chi connectivity index (χ4v) is 2.74. The minimum atomic E-state index is 0.775. The molecule has 5 heteroatoms. The number of rotatable bonds is 5. The van der Waals surface area contributed by atoms with E-state index < -0.39 is 0 Å². The van der Waals surface area contributed by atoms with E-state index in [9.17, 15) is 0 Å². The quantitative estimate of drug-likeness (QED) is 0.891. The van der Waals surface area contributed by atoms with Crippen molar-refractivity contribution in [3.63, 3.8) is 0 Å². The average molecular weight is 270 g/mol. The molecule has 0 atom stereocenters. The lowest BCUT2D eigenvalue weighted by Crippen LogP contribution is -2.06. The molecular formula is C12H16ClN3S. The Kier molecular flexibility index (Phi) is 4.07. The summed E-state index contributed by atoms with van der Waals surface area (Å²) in [7, 11) is 0. The first-order valence-electron chi connectivity index (χ1n) is 5.71. The fourth-order valence-electron chi connectivity index (χ4n) is 1.71. The summed E-state index contributed by atoms with van der Waals surface area (Å²) >= 11 is 7.50. The van der Waals surface area contributed by atoms with Crippen LogP contribution < -0.4 is 5.32 Å². The van der Waals surface area contributed by atoms with Crippen LogP contribution in [0.5, 0.6) is 0 Å². The monoisotopic (exact) mass is 269 g/mol.